The number of rotatable bonds is 9. The molecule has 5 rings (SSSR count). The van der Waals surface area contributed by atoms with E-state index in [0.29, 0.717) is 37.9 Å². The van der Waals surface area contributed by atoms with E-state index in [4.69, 9.17) is 26.2 Å². The second kappa shape index (κ2) is 15.5. The van der Waals surface area contributed by atoms with Gasteiger partial charge in [0.1, 0.15) is 10.8 Å². The van der Waals surface area contributed by atoms with Crippen molar-refractivity contribution in [2.45, 2.75) is 32.4 Å². The zero-order valence-electron chi connectivity index (χ0n) is 24.3. The number of amides is 2. The van der Waals surface area contributed by atoms with E-state index in [-0.39, 0.29) is 29.9 Å². The van der Waals surface area contributed by atoms with Crippen molar-refractivity contribution < 1.29 is 41.8 Å². The molecule has 5 aromatic rings. The summed E-state index contributed by atoms with van der Waals surface area (Å²) in [5.74, 6) is -3.36. The number of aromatic nitrogens is 4. The SMILES string of the molecule is CCCCOC(=O)N(c1nnc(-c2cccc(NC(=O)Cc3ccc(F)cc3)c2)s1)c1ccc2[nH]ncc2c1Cl.O=C(O)C(F)(F)F. The lowest BCUT2D eigenvalue weighted by Crippen LogP contribution is -2.27. The molecule has 0 bridgehead atoms. The first-order valence-electron chi connectivity index (χ1n) is 13.7. The molecule has 0 aliphatic rings. The van der Waals surface area contributed by atoms with Crippen LogP contribution >= 0.6 is 22.9 Å². The number of H-pyrrole nitrogens is 1. The van der Waals surface area contributed by atoms with Crippen LogP contribution < -0.4 is 10.2 Å². The highest BCUT2D eigenvalue weighted by atomic mass is 35.5. The number of halogens is 5. The molecule has 246 valence electrons. The van der Waals surface area contributed by atoms with Crippen LogP contribution in [0.2, 0.25) is 5.02 Å². The van der Waals surface area contributed by atoms with Crippen molar-refractivity contribution in [1.29, 1.82) is 0 Å². The minimum Gasteiger partial charge on any atom is -0.475 e. The number of alkyl halides is 3. The number of nitrogens with one attached hydrogen (secondary N) is 2. The maximum Gasteiger partial charge on any atom is 0.490 e. The predicted molar refractivity (Wildman–Crippen MR) is 167 cm³/mol. The number of benzene rings is 3. The van der Waals surface area contributed by atoms with Gasteiger partial charge >= 0.3 is 18.2 Å². The number of anilines is 3. The maximum absolute atomic E-state index is 13.2. The number of carboxylic acid groups (broad SMARTS) is 1. The van der Waals surface area contributed by atoms with Crippen LogP contribution in [0.4, 0.5) is 38.9 Å². The molecule has 0 fully saturated rings. The fourth-order valence-electron chi connectivity index (χ4n) is 3.94. The number of hydrogen-bond acceptors (Lipinski definition) is 8. The van der Waals surface area contributed by atoms with Gasteiger partial charge in [0.15, 0.2) is 0 Å². The molecule has 0 aliphatic heterocycles. The van der Waals surface area contributed by atoms with Crippen LogP contribution in [0.1, 0.15) is 25.3 Å². The Morgan fingerprint density at radius 3 is 2.49 bits per heavy atom. The number of aliphatic carboxylic acids is 1. The predicted octanol–water partition coefficient (Wildman–Crippen LogP) is 7.76. The van der Waals surface area contributed by atoms with Crippen LogP contribution in [0.3, 0.4) is 0 Å². The normalized spacial score (nSPS) is 11.0. The molecule has 17 heteroatoms. The molecule has 3 aromatic carbocycles. The molecular weight excluding hydrogens is 668 g/mol. The topological polar surface area (TPSA) is 150 Å². The Labute approximate surface area is 273 Å². The standard InChI is InChI=1S/C28H24ClFN6O3S.C2HF3O2/c1-2-3-13-39-28(38)36(23-12-11-22-21(25(23)29)16-31-33-22)27-35-34-26(40-27)18-5-4-6-20(15-18)32-24(37)14-17-7-9-19(30)10-8-17;3-2(4,5)1(6)7/h4-12,15-16H,2-3,13-14H2,1H3,(H,31,33)(H,32,37);(H,6,7). The first-order valence-corrected chi connectivity index (χ1v) is 14.9. The Morgan fingerprint density at radius 2 is 1.81 bits per heavy atom. The van der Waals surface area contributed by atoms with E-state index in [1.807, 2.05) is 13.0 Å². The lowest BCUT2D eigenvalue weighted by atomic mass is 10.1. The highest BCUT2D eigenvalue weighted by Crippen LogP contribution is 2.40. The van der Waals surface area contributed by atoms with Crippen molar-refractivity contribution in [1.82, 2.24) is 20.4 Å². The Bertz CT molecular complexity index is 1870. The van der Waals surface area contributed by atoms with Gasteiger partial charge < -0.3 is 15.2 Å². The van der Waals surface area contributed by atoms with Gasteiger partial charge in [0, 0.05) is 16.6 Å². The van der Waals surface area contributed by atoms with Crippen LogP contribution in [0.5, 0.6) is 0 Å². The van der Waals surface area contributed by atoms with Crippen LogP contribution in [-0.2, 0) is 20.7 Å². The molecule has 2 heterocycles. The smallest absolute Gasteiger partial charge is 0.475 e. The van der Waals surface area contributed by atoms with E-state index >= 15 is 0 Å². The van der Waals surface area contributed by atoms with E-state index in [1.54, 1.807) is 48.7 Å². The van der Waals surface area contributed by atoms with Crippen molar-refractivity contribution in [2.75, 3.05) is 16.8 Å². The van der Waals surface area contributed by atoms with Crippen molar-refractivity contribution >= 4 is 68.3 Å². The van der Waals surface area contributed by atoms with Crippen LogP contribution in [0.25, 0.3) is 21.5 Å². The summed E-state index contributed by atoms with van der Waals surface area (Å²) in [5.41, 5.74) is 3.07. The summed E-state index contributed by atoms with van der Waals surface area (Å²) in [6.07, 6.45) is -2.43. The third-order valence-electron chi connectivity index (χ3n) is 6.20. The first kappa shape index (κ1) is 34.8. The van der Waals surface area contributed by atoms with E-state index < -0.39 is 18.2 Å². The number of hydrogen-bond donors (Lipinski definition) is 3. The molecule has 0 unspecified atom stereocenters. The van der Waals surface area contributed by atoms with Crippen molar-refractivity contribution in [3.8, 4) is 10.6 Å². The highest BCUT2D eigenvalue weighted by Gasteiger charge is 2.38. The Hall–Kier alpha value is -5.09. The summed E-state index contributed by atoms with van der Waals surface area (Å²) in [7, 11) is 0. The molecule has 11 nitrogen and oxygen atoms in total. The maximum atomic E-state index is 13.2. The number of unbranched alkanes of at least 4 members (excludes halogenated alkanes) is 1. The van der Waals surface area contributed by atoms with Gasteiger partial charge in [-0.3, -0.25) is 9.89 Å². The first-order chi connectivity index (χ1) is 22.4. The summed E-state index contributed by atoms with van der Waals surface area (Å²) in [6.45, 7) is 2.26. The molecular formula is C30H25ClF4N6O5S. The zero-order valence-corrected chi connectivity index (χ0v) is 25.9. The fraction of sp³-hybridized carbons (Fsp3) is 0.200. The van der Waals surface area contributed by atoms with Crippen LogP contribution in [-0.4, -0.2) is 56.3 Å². The molecule has 0 saturated heterocycles. The van der Waals surface area contributed by atoms with Gasteiger partial charge in [0.25, 0.3) is 0 Å². The van der Waals surface area contributed by atoms with E-state index in [1.165, 1.54) is 28.4 Å². The average molecular weight is 693 g/mol. The highest BCUT2D eigenvalue weighted by molar-refractivity contribution is 7.18. The van der Waals surface area contributed by atoms with Gasteiger partial charge in [-0.1, -0.05) is 60.5 Å². The number of carbonyl (C=O) groups excluding carboxylic acids is 2. The second-order valence-electron chi connectivity index (χ2n) is 9.66. The lowest BCUT2D eigenvalue weighted by Gasteiger charge is -2.20. The molecule has 0 saturated carbocycles. The fourth-order valence-corrected chi connectivity index (χ4v) is 5.08. The molecule has 0 radical (unpaired) electrons. The average Bonchev–Trinajstić information content (AvgIpc) is 3.71. The van der Waals surface area contributed by atoms with Crippen LogP contribution in [0.15, 0.2) is 66.9 Å². The summed E-state index contributed by atoms with van der Waals surface area (Å²) in [5, 5.41) is 27.2. The minimum absolute atomic E-state index is 0.102. The largest absolute Gasteiger partial charge is 0.490 e. The number of fused-ring (bicyclic) bond motifs is 1. The van der Waals surface area contributed by atoms with Gasteiger partial charge in [-0.2, -0.15) is 18.3 Å². The van der Waals surface area contributed by atoms with Gasteiger partial charge in [0.2, 0.25) is 11.0 Å². The Balaban J connectivity index is 0.000000644. The number of nitrogens with zero attached hydrogens (tertiary/aromatic N) is 4. The van der Waals surface area contributed by atoms with Gasteiger partial charge in [-0.15, -0.1) is 10.2 Å². The zero-order chi connectivity index (χ0) is 34.1. The molecule has 0 spiro atoms. The molecule has 47 heavy (non-hydrogen) atoms. The van der Waals surface area contributed by atoms with E-state index in [9.17, 15) is 27.2 Å². The Morgan fingerprint density at radius 1 is 1.09 bits per heavy atom. The number of ether oxygens (including phenoxy) is 1. The molecule has 3 N–H and O–H groups in total. The molecule has 2 aromatic heterocycles. The summed E-state index contributed by atoms with van der Waals surface area (Å²) < 4.78 is 50.4. The van der Waals surface area contributed by atoms with Crippen LogP contribution in [0, 0.1) is 5.82 Å². The molecule has 0 atom stereocenters. The molecule has 2 amide bonds. The Kier molecular flexibility index (Phi) is 11.4. The van der Waals surface area contributed by atoms with Gasteiger partial charge in [-0.05, 0) is 48.4 Å². The van der Waals surface area contributed by atoms with E-state index in [2.05, 4.69) is 25.7 Å². The third-order valence-corrected chi connectivity index (χ3v) is 7.56. The van der Waals surface area contributed by atoms with Gasteiger partial charge in [0.05, 0.1) is 35.5 Å². The monoisotopic (exact) mass is 692 g/mol. The number of carboxylic acids is 1. The quantitative estimate of drug-likeness (QED) is 0.105. The lowest BCUT2D eigenvalue weighted by molar-refractivity contribution is -0.192. The third kappa shape index (κ3) is 9.23. The van der Waals surface area contributed by atoms with Crippen molar-refractivity contribution in [3.63, 3.8) is 0 Å². The minimum atomic E-state index is -5.08. The number of carbonyl (C=O) groups is 3. The van der Waals surface area contributed by atoms with Crippen molar-refractivity contribution in [3.05, 3.63) is 83.3 Å². The van der Waals surface area contributed by atoms with Crippen molar-refractivity contribution in [2.24, 2.45) is 0 Å². The molecule has 0 aliphatic carbocycles. The van der Waals surface area contributed by atoms with Gasteiger partial charge in [-0.25, -0.2) is 18.9 Å². The van der Waals surface area contributed by atoms with E-state index in [0.717, 1.165) is 18.4 Å². The summed E-state index contributed by atoms with van der Waals surface area (Å²) >= 11 is 7.86. The summed E-state index contributed by atoms with van der Waals surface area (Å²) in [4.78, 5) is 36.0. The number of aromatic amines is 1. The summed E-state index contributed by atoms with van der Waals surface area (Å²) in [6, 6.07) is 16.4. The second-order valence-corrected chi connectivity index (χ2v) is 11.0.